The molecular formula is C6H12. The number of hydrogen-bond acceptors (Lipinski definition) is 0. The van der Waals surface area contributed by atoms with Crippen molar-refractivity contribution in [1.82, 2.24) is 0 Å². The molecular weight excluding hydrogens is 72.1 g/mol. The molecule has 36 valence electrons. The predicted octanol–water partition coefficient (Wildman–Crippen LogP) is 2.07. The first kappa shape index (κ1) is 6.00. The molecule has 0 rings (SSSR count). The van der Waals surface area contributed by atoms with E-state index in [9.17, 15) is 0 Å². The summed E-state index contributed by atoms with van der Waals surface area (Å²) in [4.78, 5) is 0. The van der Waals surface area contributed by atoms with Gasteiger partial charge in [0.05, 0.1) is 0 Å². The molecule has 0 aliphatic carbocycles. The third-order valence-corrected chi connectivity index (χ3v) is 0.986. The van der Waals surface area contributed by atoms with E-state index in [1.54, 1.807) is 0 Å². The second kappa shape index (κ2) is 3.20. The van der Waals surface area contributed by atoms with Crippen LogP contribution < -0.4 is 0 Å². The molecule has 0 aromatic heterocycles. The van der Waals surface area contributed by atoms with E-state index in [4.69, 9.17) is 0 Å². The molecule has 0 fully saturated rings. The van der Waals surface area contributed by atoms with Crippen molar-refractivity contribution in [2.45, 2.75) is 19.8 Å². The summed E-state index contributed by atoms with van der Waals surface area (Å²) in [6.45, 7) is 9.59. The Labute approximate surface area is 40.6 Å². The van der Waals surface area contributed by atoms with Crippen LogP contribution in [0.4, 0.5) is 0 Å². The van der Waals surface area contributed by atoms with Crippen LogP contribution in [0.2, 0.25) is 0 Å². The van der Waals surface area contributed by atoms with Crippen molar-refractivity contribution in [2.24, 2.45) is 5.92 Å². The standard InChI is InChI=1S/C6H12/c1-4-6(3)5-2/h6H,1-2,4-5H2,3H3. The van der Waals surface area contributed by atoms with Crippen LogP contribution in [0.5, 0.6) is 0 Å². The molecule has 0 aromatic rings. The summed E-state index contributed by atoms with van der Waals surface area (Å²) < 4.78 is 0. The van der Waals surface area contributed by atoms with Crippen molar-refractivity contribution in [2.75, 3.05) is 0 Å². The summed E-state index contributed by atoms with van der Waals surface area (Å²) in [5.41, 5.74) is 0. The molecule has 0 nitrogen and oxygen atoms in total. The van der Waals surface area contributed by atoms with Gasteiger partial charge in [0, 0.05) is 0 Å². The van der Waals surface area contributed by atoms with Gasteiger partial charge < -0.3 is 0 Å². The maximum Gasteiger partial charge on any atom is -0.0443 e. The number of rotatable bonds is 2. The van der Waals surface area contributed by atoms with Crippen molar-refractivity contribution >= 4 is 0 Å². The summed E-state index contributed by atoms with van der Waals surface area (Å²) in [5.74, 6) is 0.713. The van der Waals surface area contributed by atoms with Crippen molar-refractivity contribution in [3.8, 4) is 0 Å². The molecule has 0 spiro atoms. The fourth-order valence-corrected chi connectivity index (χ4v) is 0.144. The van der Waals surface area contributed by atoms with Gasteiger partial charge in [0.15, 0.2) is 0 Å². The van der Waals surface area contributed by atoms with Crippen LogP contribution in [0.25, 0.3) is 0 Å². The minimum Gasteiger partial charge on any atom is -0.0625 e. The Bertz CT molecular complexity index is 19.2. The number of hydrogen-bond donors (Lipinski definition) is 0. The van der Waals surface area contributed by atoms with Gasteiger partial charge in [-0.05, 0) is 5.92 Å². The largest absolute Gasteiger partial charge is 0.0625 e. The highest BCUT2D eigenvalue weighted by molar-refractivity contribution is 4.53. The van der Waals surface area contributed by atoms with Gasteiger partial charge in [0.25, 0.3) is 0 Å². The van der Waals surface area contributed by atoms with Gasteiger partial charge in [0.1, 0.15) is 0 Å². The molecule has 0 aromatic carbocycles. The molecule has 0 amide bonds. The van der Waals surface area contributed by atoms with E-state index >= 15 is 0 Å². The van der Waals surface area contributed by atoms with Crippen LogP contribution in [-0.2, 0) is 0 Å². The first-order valence-corrected chi connectivity index (χ1v) is 2.39. The molecule has 0 bridgehead atoms. The van der Waals surface area contributed by atoms with E-state index in [-0.39, 0.29) is 0 Å². The van der Waals surface area contributed by atoms with E-state index < -0.39 is 0 Å². The van der Waals surface area contributed by atoms with Gasteiger partial charge in [0.2, 0.25) is 0 Å². The lowest BCUT2D eigenvalue weighted by atomic mass is 10.1. The van der Waals surface area contributed by atoms with Crippen molar-refractivity contribution in [3.63, 3.8) is 0 Å². The van der Waals surface area contributed by atoms with E-state index in [1.807, 2.05) is 0 Å². The molecule has 0 heteroatoms. The summed E-state index contributed by atoms with van der Waals surface area (Å²) in [6, 6.07) is 0. The molecule has 0 N–H and O–H groups in total. The molecule has 0 heterocycles. The zero-order valence-electron chi connectivity index (χ0n) is 4.41. The highest BCUT2D eigenvalue weighted by atomic mass is 13.9. The van der Waals surface area contributed by atoms with Crippen LogP contribution in [0.1, 0.15) is 19.8 Å². The topological polar surface area (TPSA) is 0 Å². The molecule has 6 heavy (non-hydrogen) atoms. The van der Waals surface area contributed by atoms with Crippen molar-refractivity contribution in [3.05, 3.63) is 13.8 Å². The first-order valence-electron chi connectivity index (χ1n) is 2.39. The van der Waals surface area contributed by atoms with Crippen molar-refractivity contribution < 1.29 is 0 Å². The Morgan fingerprint density at radius 1 is 1.33 bits per heavy atom. The van der Waals surface area contributed by atoms with E-state index in [0.29, 0.717) is 5.92 Å². The molecule has 0 aliphatic heterocycles. The molecule has 0 saturated carbocycles. The normalized spacial score (nSPS) is 10.0. The second-order valence-corrected chi connectivity index (χ2v) is 1.68. The van der Waals surface area contributed by atoms with Crippen LogP contribution in [0, 0.1) is 19.8 Å². The predicted molar refractivity (Wildman–Crippen MR) is 29.1 cm³/mol. The third kappa shape index (κ3) is 2.25. The molecule has 0 atom stereocenters. The van der Waals surface area contributed by atoms with E-state index in [0.717, 1.165) is 12.8 Å². The maximum atomic E-state index is 3.72. The quantitative estimate of drug-likeness (QED) is 0.480. The van der Waals surface area contributed by atoms with Gasteiger partial charge in [-0.15, -0.1) is 0 Å². The SMILES string of the molecule is [CH2]CC(C)C[CH2]. The van der Waals surface area contributed by atoms with Crippen LogP contribution in [-0.4, -0.2) is 0 Å². The zero-order chi connectivity index (χ0) is 4.99. The van der Waals surface area contributed by atoms with Crippen molar-refractivity contribution in [1.29, 1.82) is 0 Å². The fraction of sp³-hybridized carbons (Fsp3) is 0.667. The Morgan fingerprint density at radius 3 is 1.67 bits per heavy atom. The smallest absolute Gasteiger partial charge is 0.0443 e. The van der Waals surface area contributed by atoms with Crippen LogP contribution in [0.3, 0.4) is 0 Å². The average Bonchev–Trinajstić information content (AvgIpc) is 1.65. The summed E-state index contributed by atoms with van der Waals surface area (Å²) in [7, 11) is 0. The van der Waals surface area contributed by atoms with Gasteiger partial charge in [-0.25, -0.2) is 0 Å². The van der Waals surface area contributed by atoms with E-state index in [2.05, 4.69) is 20.8 Å². The third-order valence-electron chi connectivity index (χ3n) is 0.986. The Kier molecular flexibility index (Phi) is 3.20. The van der Waals surface area contributed by atoms with Gasteiger partial charge in [-0.2, -0.15) is 0 Å². The lowest BCUT2D eigenvalue weighted by Crippen LogP contribution is -1.85. The van der Waals surface area contributed by atoms with Gasteiger partial charge >= 0.3 is 0 Å². The highest BCUT2D eigenvalue weighted by Crippen LogP contribution is 2.02. The van der Waals surface area contributed by atoms with E-state index in [1.165, 1.54) is 0 Å². The van der Waals surface area contributed by atoms with Crippen LogP contribution in [0.15, 0.2) is 0 Å². The second-order valence-electron chi connectivity index (χ2n) is 1.68. The summed E-state index contributed by atoms with van der Waals surface area (Å²) in [6.07, 6.45) is 2.03. The summed E-state index contributed by atoms with van der Waals surface area (Å²) >= 11 is 0. The monoisotopic (exact) mass is 84.1 g/mol. The Balaban J connectivity index is 2.75. The molecule has 2 radical (unpaired) electrons. The molecule has 0 saturated heterocycles. The summed E-state index contributed by atoms with van der Waals surface area (Å²) in [5, 5.41) is 0. The Hall–Kier alpha value is 0. The maximum absolute atomic E-state index is 3.72. The minimum atomic E-state index is 0.713. The Morgan fingerprint density at radius 2 is 1.67 bits per heavy atom. The zero-order valence-corrected chi connectivity index (χ0v) is 4.41. The van der Waals surface area contributed by atoms with Gasteiger partial charge in [-0.1, -0.05) is 33.6 Å². The molecule has 0 unspecified atom stereocenters. The highest BCUT2D eigenvalue weighted by Gasteiger charge is 1.88. The lowest BCUT2D eigenvalue weighted by Gasteiger charge is -1.98. The van der Waals surface area contributed by atoms with Crippen LogP contribution >= 0.6 is 0 Å². The first-order chi connectivity index (χ1) is 2.81. The van der Waals surface area contributed by atoms with Gasteiger partial charge in [-0.3, -0.25) is 0 Å². The fourth-order valence-electron chi connectivity index (χ4n) is 0.144. The average molecular weight is 84.2 g/mol. The lowest BCUT2D eigenvalue weighted by molar-refractivity contribution is 0.599. The minimum absolute atomic E-state index is 0.713. The molecule has 0 aliphatic rings.